The largest absolute Gasteiger partial charge is 0.465 e. The van der Waals surface area contributed by atoms with Crippen molar-refractivity contribution >= 4 is 45.3 Å². The molecule has 9 heteroatoms. The van der Waals surface area contributed by atoms with Gasteiger partial charge in [0.25, 0.3) is 11.8 Å². The van der Waals surface area contributed by atoms with Crippen molar-refractivity contribution in [1.82, 2.24) is 14.8 Å². The summed E-state index contributed by atoms with van der Waals surface area (Å²) in [6.45, 7) is 2.89. The van der Waals surface area contributed by atoms with E-state index in [0.29, 0.717) is 62.5 Å². The fraction of sp³-hybridized carbons (Fsp3) is 0.292. The first-order chi connectivity index (χ1) is 15.9. The minimum absolute atomic E-state index is 0.0509. The first kappa shape index (κ1) is 21.0. The van der Waals surface area contributed by atoms with E-state index in [2.05, 4.69) is 4.98 Å². The van der Waals surface area contributed by atoms with Gasteiger partial charge in [0.15, 0.2) is 0 Å². The number of aromatic nitrogens is 1. The molecular weight excluding hydrogens is 424 g/mol. The van der Waals surface area contributed by atoms with E-state index in [9.17, 15) is 19.5 Å². The van der Waals surface area contributed by atoms with Crippen LogP contribution >= 0.6 is 0 Å². The SMILES string of the molecule is NC(=O)c1cc(C2=CCN(C(=O)O)CC2)cc2c1[nH]c1cc(C(=O)N3CCOCC3)ccc12. The predicted molar refractivity (Wildman–Crippen MR) is 123 cm³/mol. The Labute approximate surface area is 189 Å². The summed E-state index contributed by atoms with van der Waals surface area (Å²) in [5, 5.41) is 10.9. The number of hydrogen-bond acceptors (Lipinski definition) is 4. The molecule has 3 heterocycles. The van der Waals surface area contributed by atoms with Crippen LogP contribution in [0.4, 0.5) is 4.79 Å². The normalized spacial score (nSPS) is 16.8. The van der Waals surface area contributed by atoms with Crippen LogP contribution in [0.3, 0.4) is 0 Å². The number of carboxylic acid groups (broad SMARTS) is 1. The zero-order valence-corrected chi connectivity index (χ0v) is 18.0. The van der Waals surface area contributed by atoms with Crippen molar-refractivity contribution in [1.29, 1.82) is 0 Å². The number of carbonyl (C=O) groups is 3. The molecule has 2 aliphatic heterocycles. The first-order valence-electron chi connectivity index (χ1n) is 10.9. The highest BCUT2D eigenvalue weighted by Crippen LogP contribution is 2.33. The van der Waals surface area contributed by atoms with Gasteiger partial charge in [0.05, 0.1) is 24.3 Å². The van der Waals surface area contributed by atoms with Gasteiger partial charge in [0.1, 0.15) is 0 Å². The molecular formula is C24H24N4O5. The molecule has 0 saturated carbocycles. The van der Waals surface area contributed by atoms with Crippen molar-refractivity contribution in [3.05, 3.63) is 53.1 Å². The summed E-state index contributed by atoms with van der Waals surface area (Å²) in [7, 11) is 0. The average Bonchev–Trinajstić information content (AvgIpc) is 3.21. The molecule has 4 N–H and O–H groups in total. The third-order valence-electron chi connectivity index (χ3n) is 6.37. The van der Waals surface area contributed by atoms with E-state index in [1.54, 1.807) is 17.0 Å². The van der Waals surface area contributed by atoms with Gasteiger partial charge in [-0.3, -0.25) is 9.59 Å². The maximum atomic E-state index is 12.9. The Balaban J connectivity index is 1.57. The number of carbonyl (C=O) groups excluding carboxylic acids is 2. The molecule has 0 radical (unpaired) electrons. The van der Waals surface area contributed by atoms with E-state index in [0.717, 1.165) is 27.4 Å². The number of rotatable bonds is 3. The van der Waals surface area contributed by atoms with Crippen molar-refractivity contribution in [2.24, 2.45) is 5.73 Å². The second kappa shape index (κ2) is 8.25. The fourth-order valence-electron chi connectivity index (χ4n) is 4.57. The molecule has 9 nitrogen and oxygen atoms in total. The number of morpholine rings is 1. The number of nitrogens with one attached hydrogen (secondary N) is 1. The smallest absolute Gasteiger partial charge is 0.407 e. The van der Waals surface area contributed by atoms with Crippen molar-refractivity contribution in [3.8, 4) is 0 Å². The standard InChI is InChI=1S/C24H24N4O5/c25-22(29)19-12-16(14-3-5-28(6-4-14)24(31)32)11-18-17-2-1-15(13-20(17)26-21(18)19)23(30)27-7-9-33-10-8-27/h1-3,11-13,26H,4-10H2,(H2,25,29)(H,31,32). The highest BCUT2D eigenvalue weighted by atomic mass is 16.5. The molecule has 5 rings (SSSR count). The number of primary amides is 1. The van der Waals surface area contributed by atoms with Crippen LogP contribution in [0.2, 0.25) is 0 Å². The molecule has 33 heavy (non-hydrogen) atoms. The number of H-pyrrole nitrogens is 1. The zero-order valence-electron chi connectivity index (χ0n) is 18.0. The van der Waals surface area contributed by atoms with Crippen molar-refractivity contribution in [2.75, 3.05) is 39.4 Å². The Hall–Kier alpha value is -3.85. The summed E-state index contributed by atoms with van der Waals surface area (Å²) >= 11 is 0. The Morgan fingerprint density at radius 2 is 1.79 bits per heavy atom. The van der Waals surface area contributed by atoms with Crippen LogP contribution in [0.1, 0.15) is 32.7 Å². The lowest BCUT2D eigenvalue weighted by Gasteiger charge is -2.26. The quantitative estimate of drug-likeness (QED) is 0.567. The van der Waals surface area contributed by atoms with Crippen LogP contribution in [-0.2, 0) is 4.74 Å². The van der Waals surface area contributed by atoms with Crippen LogP contribution < -0.4 is 5.73 Å². The summed E-state index contributed by atoms with van der Waals surface area (Å²) in [6.07, 6.45) is 1.48. The Morgan fingerprint density at radius 3 is 2.45 bits per heavy atom. The first-order valence-corrected chi connectivity index (χ1v) is 10.9. The molecule has 0 bridgehead atoms. The number of nitrogens with two attached hydrogens (primary N) is 1. The highest BCUT2D eigenvalue weighted by molar-refractivity contribution is 6.16. The van der Waals surface area contributed by atoms with Crippen molar-refractivity contribution in [3.63, 3.8) is 0 Å². The van der Waals surface area contributed by atoms with E-state index < -0.39 is 12.0 Å². The van der Waals surface area contributed by atoms with E-state index in [1.165, 1.54) is 4.90 Å². The Morgan fingerprint density at radius 1 is 1.00 bits per heavy atom. The third kappa shape index (κ3) is 3.80. The molecule has 3 aromatic rings. The topological polar surface area (TPSA) is 129 Å². The third-order valence-corrected chi connectivity index (χ3v) is 6.37. The van der Waals surface area contributed by atoms with Crippen LogP contribution in [0.25, 0.3) is 27.4 Å². The van der Waals surface area contributed by atoms with Gasteiger partial charge in [-0.25, -0.2) is 4.79 Å². The summed E-state index contributed by atoms with van der Waals surface area (Å²) in [5.74, 6) is -0.605. The predicted octanol–water partition coefficient (Wildman–Crippen LogP) is 2.66. The second-order valence-electron chi connectivity index (χ2n) is 8.31. The number of hydrogen-bond donors (Lipinski definition) is 3. The van der Waals surface area contributed by atoms with Crippen molar-refractivity contribution < 1.29 is 24.2 Å². The van der Waals surface area contributed by atoms with Gasteiger partial charge in [-0.05, 0) is 41.8 Å². The Bertz CT molecular complexity index is 1320. The van der Waals surface area contributed by atoms with Gasteiger partial charge < -0.3 is 30.4 Å². The number of ether oxygens (including phenoxy) is 1. The fourth-order valence-corrected chi connectivity index (χ4v) is 4.57. The highest BCUT2D eigenvalue weighted by Gasteiger charge is 2.22. The van der Waals surface area contributed by atoms with Crippen LogP contribution in [0.5, 0.6) is 0 Å². The molecule has 3 amide bonds. The maximum absolute atomic E-state index is 12.9. The maximum Gasteiger partial charge on any atom is 0.407 e. The van der Waals surface area contributed by atoms with Crippen LogP contribution in [-0.4, -0.2) is 77.2 Å². The molecule has 0 aliphatic carbocycles. The van der Waals surface area contributed by atoms with Gasteiger partial charge in [0, 0.05) is 48.0 Å². The van der Waals surface area contributed by atoms with E-state index in [1.807, 2.05) is 24.3 Å². The summed E-state index contributed by atoms with van der Waals surface area (Å²) in [6, 6.07) is 9.24. The second-order valence-corrected chi connectivity index (χ2v) is 8.31. The van der Waals surface area contributed by atoms with Gasteiger partial charge >= 0.3 is 6.09 Å². The summed E-state index contributed by atoms with van der Waals surface area (Å²) < 4.78 is 5.33. The number of aromatic amines is 1. The number of benzene rings is 2. The van der Waals surface area contributed by atoms with E-state index in [-0.39, 0.29) is 5.91 Å². The minimum Gasteiger partial charge on any atom is -0.465 e. The van der Waals surface area contributed by atoms with Gasteiger partial charge in [-0.15, -0.1) is 0 Å². The summed E-state index contributed by atoms with van der Waals surface area (Å²) in [4.78, 5) is 42.8. The molecule has 1 saturated heterocycles. The lowest BCUT2D eigenvalue weighted by atomic mass is 9.95. The summed E-state index contributed by atoms with van der Waals surface area (Å²) in [5.41, 5.74) is 9.83. The zero-order chi connectivity index (χ0) is 23.1. The number of nitrogens with zero attached hydrogens (tertiary/aromatic N) is 2. The lowest BCUT2D eigenvalue weighted by Crippen LogP contribution is -2.40. The van der Waals surface area contributed by atoms with E-state index in [4.69, 9.17) is 10.5 Å². The molecule has 2 aromatic carbocycles. The molecule has 1 fully saturated rings. The average molecular weight is 448 g/mol. The molecule has 0 atom stereocenters. The molecule has 2 aliphatic rings. The molecule has 170 valence electrons. The van der Waals surface area contributed by atoms with Crippen LogP contribution in [0, 0.1) is 0 Å². The van der Waals surface area contributed by atoms with Gasteiger partial charge in [-0.2, -0.15) is 0 Å². The number of fused-ring (bicyclic) bond motifs is 3. The van der Waals surface area contributed by atoms with Crippen molar-refractivity contribution in [2.45, 2.75) is 6.42 Å². The van der Waals surface area contributed by atoms with Gasteiger partial charge in [0.2, 0.25) is 0 Å². The van der Waals surface area contributed by atoms with Crippen LogP contribution in [0.15, 0.2) is 36.4 Å². The number of amides is 3. The lowest BCUT2D eigenvalue weighted by molar-refractivity contribution is 0.0303. The molecule has 0 unspecified atom stereocenters. The minimum atomic E-state index is -0.947. The molecule has 0 spiro atoms. The molecule has 1 aromatic heterocycles. The Kier molecular flexibility index (Phi) is 5.26. The monoisotopic (exact) mass is 448 g/mol. The van der Waals surface area contributed by atoms with Gasteiger partial charge in [-0.1, -0.05) is 12.1 Å². The van der Waals surface area contributed by atoms with E-state index >= 15 is 0 Å².